The fourth-order valence-electron chi connectivity index (χ4n) is 4.42. The molecule has 1 aliphatic carbocycles. The number of benzene rings is 1. The highest BCUT2D eigenvalue weighted by atomic mass is 28.4. The molecule has 2 aliphatic heterocycles. The maximum atomic E-state index is 10.2. The molecule has 1 aromatic carbocycles. The zero-order valence-corrected chi connectivity index (χ0v) is 18.5. The van der Waals surface area contributed by atoms with Crippen molar-refractivity contribution in [2.24, 2.45) is 0 Å². The number of nitrogens with zero attached hydrogens (tertiary/aromatic N) is 1. The predicted octanol–water partition coefficient (Wildman–Crippen LogP) is 4.23. The lowest BCUT2D eigenvalue weighted by Gasteiger charge is -2.37. The summed E-state index contributed by atoms with van der Waals surface area (Å²) < 4.78 is 13.2. The molecule has 0 aromatic heterocycles. The van der Waals surface area contributed by atoms with E-state index in [-0.39, 0.29) is 16.6 Å². The minimum absolute atomic E-state index is 0.0121. The van der Waals surface area contributed by atoms with E-state index in [4.69, 9.17) is 9.16 Å². The van der Waals surface area contributed by atoms with Gasteiger partial charge >= 0.3 is 0 Å². The molecule has 0 radical (unpaired) electrons. The van der Waals surface area contributed by atoms with Gasteiger partial charge in [0.05, 0.1) is 11.5 Å². The van der Waals surface area contributed by atoms with Crippen LogP contribution in [0.2, 0.25) is 18.1 Å². The van der Waals surface area contributed by atoms with E-state index < -0.39 is 14.4 Å². The first-order valence-corrected chi connectivity index (χ1v) is 13.0. The topological polar surface area (TPSA) is 41.9 Å². The highest BCUT2D eigenvalue weighted by Gasteiger charge is 2.53. The Bertz CT molecular complexity index is 782. The first kappa shape index (κ1) is 19.0. The van der Waals surface area contributed by atoms with Crippen LogP contribution in [0.15, 0.2) is 24.3 Å². The maximum absolute atomic E-state index is 10.2. The fourth-order valence-corrected chi connectivity index (χ4v) is 5.44. The van der Waals surface area contributed by atoms with Gasteiger partial charge in [-0.25, -0.2) is 0 Å². The van der Waals surface area contributed by atoms with Crippen LogP contribution in [0.5, 0.6) is 11.5 Å². The number of rotatable bonds is 2. The van der Waals surface area contributed by atoms with Crippen LogP contribution < -0.4 is 9.16 Å². The van der Waals surface area contributed by atoms with Crippen molar-refractivity contribution >= 4 is 8.32 Å². The molecule has 0 amide bonds. The largest absolute Gasteiger partial charge is 0.541 e. The molecule has 0 saturated carbocycles. The molecule has 1 N–H and O–H groups in total. The van der Waals surface area contributed by atoms with Crippen molar-refractivity contribution in [1.29, 1.82) is 0 Å². The molecule has 0 bridgehead atoms. The third-order valence-corrected chi connectivity index (χ3v) is 11.4. The van der Waals surface area contributed by atoms with Crippen LogP contribution in [0.1, 0.15) is 44.7 Å². The molecule has 0 unspecified atom stereocenters. The smallest absolute Gasteiger partial charge is 0.250 e. The van der Waals surface area contributed by atoms with E-state index in [1.807, 2.05) is 6.08 Å². The van der Waals surface area contributed by atoms with Crippen LogP contribution in [0.3, 0.4) is 0 Å². The van der Waals surface area contributed by atoms with E-state index in [0.29, 0.717) is 6.42 Å². The third-order valence-electron chi connectivity index (χ3n) is 7.10. The number of hydrogen-bond acceptors (Lipinski definition) is 4. The average Bonchev–Trinajstić information content (AvgIpc) is 2.81. The molecule has 0 saturated heterocycles. The van der Waals surface area contributed by atoms with Crippen molar-refractivity contribution in [3.63, 3.8) is 0 Å². The molecule has 148 valence electrons. The monoisotopic (exact) mass is 387 g/mol. The number of aliphatic hydroxyl groups excluding tert-OH is 1. The molecule has 3 atom stereocenters. The second-order valence-electron chi connectivity index (χ2n) is 10.1. The van der Waals surface area contributed by atoms with E-state index in [1.54, 1.807) is 0 Å². The van der Waals surface area contributed by atoms with Gasteiger partial charge in [-0.2, -0.15) is 0 Å². The van der Waals surface area contributed by atoms with Crippen LogP contribution in [0.4, 0.5) is 0 Å². The van der Waals surface area contributed by atoms with Gasteiger partial charge in [0, 0.05) is 18.5 Å². The van der Waals surface area contributed by atoms with Crippen molar-refractivity contribution < 1.29 is 14.3 Å². The van der Waals surface area contributed by atoms with E-state index >= 15 is 0 Å². The second kappa shape index (κ2) is 6.10. The molecule has 4 rings (SSSR count). The lowest BCUT2D eigenvalue weighted by atomic mass is 9.69. The molecule has 2 heterocycles. The van der Waals surface area contributed by atoms with Crippen molar-refractivity contribution in [3.05, 3.63) is 35.4 Å². The molecule has 4 nitrogen and oxygen atoms in total. The Hall–Kier alpha value is -1.30. The molecular weight excluding hydrogens is 354 g/mol. The van der Waals surface area contributed by atoms with Gasteiger partial charge < -0.3 is 19.2 Å². The van der Waals surface area contributed by atoms with Gasteiger partial charge in [0.1, 0.15) is 11.9 Å². The third kappa shape index (κ3) is 2.95. The summed E-state index contributed by atoms with van der Waals surface area (Å²) in [4.78, 5) is 2.38. The Balaban J connectivity index is 1.84. The number of hydrogen-bond donors (Lipinski definition) is 1. The molecule has 5 heteroatoms. The molecule has 1 spiro atoms. The maximum Gasteiger partial charge on any atom is 0.250 e. The lowest BCUT2D eigenvalue weighted by Crippen LogP contribution is -2.44. The van der Waals surface area contributed by atoms with Crippen molar-refractivity contribution in [1.82, 2.24) is 4.90 Å². The lowest BCUT2D eigenvalue weighted by molar-refractivity contribution is 0.0826. The highest BCUT2D eigenvalue weighted by molar-refractivity contribution is 6.74. The van der Waals surface area contributed by atoms with Gasteiger partial charge in [-0.05, 0) is 49.8 Å². The van der Waals surface area contributed by atoms with Crippen LogP contribution in [-0.2, 0) is 12.0 Å². The van der Waals surface area contributed by atoms with E-state index in [2.05, 4.69) is 64.0 Å². The minimum Gasteiger partial charge on any atom is -0.541 e. The Morgan fingerprint density at radius 2 is 2.04 bits per heavy atom. The molecule has 1 aromatic rings. The minimum atomic E-state index is -1.97. The van der Waals surface area contributed by atoms with Crippen molar-refractivity contribution in [2.45, 2.75) is 75.9 Å². The number of aliphatic hydroxyl groups is 1. The first-order chi connectivity index (χ1) is 12.5. The molecular formula is C22H33NO3Si. The summed E-state index contributed by atoms with van der Waals surface area (Å²) in [6, 6.07) is 4.34. The molecule has 3 aliphatic rings. The predicted molar refractivity (Wildman–Crippen MR) is 111 cm³/mol. The summed E-state index contributed by atoms with van der Waals surface area (Å²) in [5.41, 5.74) is 2.49. The first-order valence-electron chi connectivity index (χ1n) is 10.1. The second-order valence-corrected chi connectivity index (χ2v) is 14.8. The Morgan fingerprint density at radius 3 is 2.74 bits per heavy atom. The average molecular weight is 388 g/mol. The normalized spacial score (nSPS) is 30.3. The van der Waals surface area contributed by atoms with E-state index in [9.17, 15) is 5.11 Å². The fraction of sp³-hybridized carbons (Fsp3) is 0.636. The van der Waals surface area contributed by atoms with E-state index in [1.165, 1.54) is 11.1 Å². The SMILES string of the molecule is CN1CC[C@@]23C=C[C@H](O)C[C@@H]2Oc2c(O[Si](C)(C)C(C)(C)C)ccc(c23)C1. The van der Waals surface area contributed by atoms with Gasteiger partial charge in [-0.15, -0.1) is 0 Å². The summed E-state index contributed by atoms with van der Waals surface area (Å²) in [6.07, 6.45) is 5.41. The van der Waals surface area contributed by atoms with E-state index in [0.717, 1.165) is 31.0 Å². The summed E-state index contributed by atoms with van der Waals surface area (Å²) in [7, 11) is 0.213. The summed E-state index contributed by atoms with van der Waals surface area (Å²) in [5.74, 6) is 1.82. The molecule has 0 fully saturated rings. The quantitative estimate of drug-likeness (QED) is 0.609. The van der Waals surface area contributed by atoms with Gasteiger partial charge in [-0.3, -0.25) is 0 Å². The zero-order chi connectivity index (χ0) is 19.6. The standard InChI is InChI=1S/C22H33NO3Si/c1-21(2,3)27(5,6)26-17-8-7-15-14-23(4)12-11-22-10-9-16(24)13-18(22)25-20(17)19(15)22/h7-10,16,18,24H,11-14H2,1-6H3/t16-,18-,22-/m0/s1. The Labute approximate surface area is 164 Å². The van der Waals surface area contributed by atoms with Crippen LogP contribution >= 0.6 is 0 Å². The van der Waals surface area contributed by atoms with Crippen LogP contribution in [-0.4, -0.2) is 44.1 Å². The molecule has 27 heavy (non-hydrogen) atoms. The summed E-state index contributed by atoms with van der Waals surface area (Å²) in [5, 5.41) is 10.3. The van der Waals surface area contributed by atoms with Gasteiger partial charge in [0.25, 0.3) is 8.32 Å². The summed E-state index contributed by atoms with van der Waals surface area (Å²) in [6.45, 7) is 13.3. The van der Waals surface area contributed by atoms with Crippen LogP contribution in [0, 0.1) is 0 Å². The van der Waals surface area contributed by atoms with Gasteiger partial charge in [0.15, 0.2) is 5.75 Å². The number of ether oxygens (including phenoxy) is 1. The van der Waals surface area contributed by atoms with Gasteiger partial charge in [-0.1, -0.05) is 39.0 Å². The van der Waals surface area contributed by atoms with Crippen LogP contribution in [0.25, 0.3) is 0 Å². The Morgan fingerprint density at radius 1 is 1.30 bits per heavy atom. The van der Waals surface area contributed by atoms with Gasteiger partial charge in [0.2, 0.25) is 0 Å². The highest BCUT2D eigenvalue weighted by Crippen LogP contribution is 2.56. The van der Waals surface area contributed by atoms with Crippen molar-refractivity contribution in [2.75, 3.05) is 13.6 Å². The summed E-state index contributed by atoms with van der Waals surface area (Å²) >= 11 is 0. The Kier molecular flexibility index (Phi) is 4.30. The zero-order valence-electron chi connectivity index (χ0n) is 17.5. The van der Waals surface area contributed by atoms with Crippen molar-refractivity contribution in [3.8, 4) is 11.5 Å².